The quantitative estimate of drug-likeness (QED) is 0.757. The van der Waals surface area contributed by atoms with Crippen molar-refractivity contribution in [1.82, 2.24) is 0 Å². The molecule has 3 N–H and O–H groups in total. The van der Waals surface area contributed by atoms with E-state index in [1.807, 2.05) is 0 Å². The highest BCUT2D eigenvalue weighted by Crippen LogP contribution is 2.50. The van der Waals surface area contributed by atoms with Crippen molar-refractivity contribution in [1.29, 1.82) is 0 Å². The van der Waals surface area contributed by atoms with Crippen LogP contribution in [0.15, 0.2) is 24.3 Å². The minimum atomic E-state index is -0.106. The Morgan fingerprint density at radius 2 is 1.93 bits per heavy atom. The Bertz CT molecular complexity index is 314. The molecule has 1 atom stereocenters. The van der Waals surface area contributed by atoms with Crippen molar-refractivity contribution in [3.63, 3.8) is 0 Å². The summed E-state index contributed by atoms with van der Waals surface area (Å²) in [7, 11) is 0. The predicted molar refractivity (Wildman–Crippen MR) is 57.2 cm³/mol. The summed E-state index contributed by atoms with van der Waals surface area (Å²) in [6, 6.07) is 8.39. The number of aryl methyl sites for hydroxylation is 1. The SMILES string of the molecule is Cc1ccc(C2(C(N)CO)CC2)cc1. The van der Waals surface area contributed by atoms with Gasteiger partial charge in [0.15, 0.2) is 0 Å². The van der Waals surface area contributed by atoms with Gasteiger partial charge in [-0.2, -0.15) is 0 Å². The third-order valence-electron chi connectivity index (χ3n) is 3.32. The molecule has 1 aliphatic carbocycles. The molecule has 0 spiro atoms. The van der Waals surface area contributed by atoms with Crippen molar-refractivity contribution in [3.05, 3.63) is 35.4 Å². The van der Waals surface area contributed by atoms with Gasteiger partial charge in [-0.25, -0.2) is 0 Å². The van der Waals surface area contributed by atoms with Crippen LogP contribution in [0.1, 0.15) is 24.0 Å². The van der Waals surface area contributed by atoms with Crippen LogP contribution in [-0.4, -0.2) is 17.8 Å². The van der Waals surface area contributed by atoms with Gasteiger partial charge in [-0.15, -0.1) is 0 Å². The molecule has 1 fully saturated rings. The van der Waals surface area contributed by atoms with Gasteiger partial charge in [0.25, 0.3) is 0 Å². The minimum absolute atomic E-state index is 0.0719. The van der Waals surface area contributed by atoms with E-state index in [9.17, 15) is 0 Å². The summed E-state index contributed by atoms with van der Waals surface area (Å²) in [5.74, 6) is 0. The van der Waals surface area contributed by atoms with Crippen molar-refractivity contribution in [2.45, 2.75) is 31.2 Å². The number of hydrogen-bond donors (Lipinski definition) is 2. The molecular formula is C12H17NO. The minimum Gasteiger partial charge on any atom is -0.395 e. The Balaban J connectivity index is 2.26. The molecule has 0 saturated heterocycles. The third-order valence-corrected chi connectivity index (χ3v) is 3.32. The Morgan fingerprint density at radius 1 is 1.36 bits per heavy atom. The second-order valence-electron chi connectivity index (χ2n) is 4.31. The van der Waals surface area contributed by atoms with Gasteiger partial charge in [0, 0.05) is 11.5 Å². The van der Waals surface area contributed by atoms with Crippen LogP contribution < -0.4 is 5.73 Å². The Morgan fingerprint density at radius 3 is 2.36 bits per heavy atom. The smallest absolute Gasteiger partial charge is 0.0591 e. The molecule has 1 aromatic carbocycles. The number of aliphatic hydroxyl groups excluding tert-OH is 1. The largest absolute Gasteiger partial charge is 0.395 e. The molecule has 1 aliphatic rings. The Labute approximate surface area is 84.7 Å². The highest BCUT2D eigenvalue weighted by atomic mass is 16.3. The van der Waals surface area contributed by atoms with Gasteiger partial charge >= 0.3 is 0 Å². The third kappa shape index (κ3) is 1.45. The molecule has 0 aliphatic heterocycles. The van der Waals surface area contributed by atoms with Crippen LogP contribution in [0.25, 0.3) is 0 Å². The fraction of sp³-hybridized carbons (Fsp3) is 0.500. The first-order chi connectivity index (χ1) is 6.69. The second-order valence-corrected chi connectivity index (χ2v) is 4.31. The number of aliphatic hydroxyl groups is 1. The monoisotopic (exact) mass is 191 g/mol. The molecule has 1 saturated carbocycles. The van der Waals surface area contributed by atoms with E-state index in [0.717, 1.165) is 12.8 Å². The van der Waals surface area contributed by atoms with Crippen LogP contribution in [0.5, 0.6) is 0 Å². The highest BCUT2D eigenvalue weighted by molar-refractivity contribution is 5.35. The molecule has 2 rings (SSSR count). The number of hydrogen-bond acceptors (Lipinski definition) is 2. The standard InChI is InChI=1S/C12H17NO/c1-9-2-4-10(5-3-9)12(6-7-12)11(13)8-14/h2-5,11,14H,6-8,13H2,1H3. The topological polar surface area (TPSA) is 46.2 Å². The molecule has 1 unspecified atom stereocenters. The molecular weight excluding hydrogens is 174 g/mol. The van der Waals surface area contributed by atoms with Crippen molar-refractivity contribution < 1.29 is 5.11 Å². The summed E-state index contributed by atoms with van der Waals surface area (Å²) in [5.41, 5.74) is 8.55. The maximum absolute atomic E-state index is 9.10. The number of benzene rings is 1. The zero-order valence-corrected chi connectivity index (χ0v) is 8.53. The molecule has 0 radical (unpaired) electrons. The van der Waals surface area contributed by atoms with Gasteiger partial charge in [-0.05, 0) is 25.3 Å². The molecule has 2 nitrogen and oxygen atoms in total. The van der Waals surface area contributed by atoms with Gasteiger partial charge in [0.05, 0.1) is 6.61 Å². The van der Waals surface area contributed by atoms with E-state index in [-0.39, 0.29) is 18.1 Å². The first kappa shape index (κ1) is 9.69. The van der Waals surface area contributed by atoms with E-state index in [1.165, 1.54) is 11.1 Å². The van der Waals surface area contributed by atoms with Crippen molar-refractivity contribution in [2.24, 2.45) is 5.73 Å². The molecule has 0 aromatic heterocycles. The first-order valence-electron chi connectivity index (χ1n) is 5.12. The molecule has 1 aromatic rings. The molecule has 14 heavy (non-hydrogen) atoms. The zero-order chi connectivity index (χ0) is 10.2. The lowest BCUT2D eigenvalue weighted by atomic mass is 9.88. The van der Waals surface area contributed by atoms with Crippen LogP contribution in [0.3, 0.4) is 0 Å². The van der Waals surface area contributed by atoms with Crippen molar-refractivity contribution >= 4 is 0 Å². The average Bonchev–Trinajstić information content (AvgIpc) is 2.99. The summed E-state index contributed by atoms with van der Waals surface area (Å²) in [6.07, 6.45) is 2.22. The lowest BCUT2D eigenvalue weighted by Gasteiger charge is -2.21. The van der Waals surface area contributed by atoms with E-state index in [4.69, 9.17) is 10.8 Å². The maximum Gasteiger partial charge on any atom is 0.0591 e. The molecule has 0 amide bonds. The molecule has 0 bridgehead atoms. The Kier molecular flexibility index (Phi) is 2.33. The fourth-order valence-corrected chi connectivity index (χ4v) is 2.07. The predicted octanol–water partition coefficient (Wildman–Crippen LogP) is 1.35. The van der Waals surface area contributed by atoms with Crippen molar-refractivity contribution in [2.75, 3.05) is 6.61 Å². The summed E-state index contributed by atoms with van der Waals surface area (Å²) in [4.78, 5) is 0. The second kappa shape index (κ2) is 3.37. The normalized spacial score (nSPS) is 20.5. The maximum atomic E-state index is 9.10. The summed E-state index contributed by atoms with van der Waals surface area (Å²) in [6.45, 7) is 2.16. The Hall–Kier alpha value is -0.860. The highest BCUT2D eigenvalue weighted by Gasteiger charge is 2.48. The average molecular weight is 191 g/mol. The van der Waals surface area contributed by atoms with Gasteiger partial charge in [0.2, 0.25) is 0 Å². The van der Waals surface area contributed by atoms with E-state index < -0.39 is 0 Å². The fourth-order valence-electron chi connectivity index (χ4n) is 2.07. The number of nitrogens with two attached hydrogens (primary N) is 1. The molecule has 0 heterocycles. The van der Waals surface area contributed by atoms with Gasteiger partial charge < -0.3 is 10.8 Å². The van der Waals surface area contributed by atoms with E-state index in [2.05, 4.69) is 31.2 Å². The lowest BCUT2D eigenvalue weighted by Crippen LogP contribution is -2.37. The van der Waals surface area contributed by atoms with Crippen molar-refractivity contribution in [3.8, 4) is 0 Å². The van der Waals surface area contributed by atoms with Gasteiger partial charge in [0.1, 0.15) is 0 Å². The van der Waals surface area contributed by atoms with Crippen LogP contribution >= 0.6 is 0 Å². The van der Waals surface area contributed by atoms with Crippen LogP contribution in [0.2, 0.25) is 0 Å². The number of rotatable bonds is 3. The van der Waals surface area contributed by atoms with Gasteiger partial charge in [-0.1, -0.05) is 29.8 Å². The van der Waals surface area contributed by atoms with Crippen LogP contribution in [-0.2, 0) is 5.41 Å². The lowest BCUT2D eigenvalue weighted by molar-refractivity contribution is 0.242. The molecule has 2 heteroatoms. The summed E-state index contributed by atoms with van der Waals surface area (Å²) >= 11 is 0. The van der Waals surface area contributed by atoms with Gasteiger partial charge in [-0.3, -0.25) is 0 Å². The summed E-state index contributed by atoms with van der Waals surface area (Å²) < 4.78 is 0. The summed E-state index contributed by atoms with van der Waals surface area (Å²) in [5, 5.41) is 9.10. The van der Waals surface area contributed by atoms with E-state index in [0.29, 0.717) is 0 Å². The first-order valence-corrected chi connectivity index (χ1v) is 5.12. The van der Waals surface area contributed by atoms with E-state index in [1.54, 1.807) is 0 Å². The van der Waals surface area contributed by atoms with Crippen LogP contribution in [0, 0.1) is 6.92 Å². The van der Waals surface area contributed by atoms with E-state index >= 15 is 0 Å². The molecule has 76 valence electrons. The zero-order valence-electron chi connectivity index (χ0n) is 8.53. The van der Waals surface area contributed by atoms with Crippen LogP contribution in [0.4, 0.5) is 0 Å².